The highest BCUT2D eigenvalue weighted by Gasteiger charge is 2.38. The lowest BCUT2D eigenvalue weighted by atomic mass is 10.0. The highest BCUT2D eigenvalue weighted by atomic mass is 16.7. The fourth-order valence-corrected chi connectivity index (χ4v) is 1.51. The van der Waals surface area contributed by atoms with Gasteiger partial charge in [0.05, 0.1) is 6.10 Å². The van der Waals surface area contributed by atoms with Gasteiger partial charge in [-0.1, -0.05) is 0 Å². The van der Waals surface area contributed by atoms with Crippen LogP contribution in [0.3, 0.4) is 0 Å². The topological polar surface area (TPSA) is 102 Å². The predicted molar refractivity (Wildman–Crippen MR) is 53.7 cm³/mol. The van der Waals surface area contributed by atoms with Crippen LogP contribution in [0.1, 0.15) is 20.3 Å². The lowest BCUT2D eigenvalue weighted by Gasteiger charge is -2.35. The molecule has 0 bridgehead atoms. The third-order valence-electron chi connectivity index (χ3n) is 2.28. The van der Waals surface area contributed by atoms with Crippen LogP contribution in [0.4, 0.5) is 0 Å². The first-order valence-corrected chi connectivity index (χ1v) is 5.22. The highest BCUT2D eigenvalue weighted by Crippen LogP contribution is 2.21. The Bertz CT molecular complexity index is 290. The van der Waals surface area contributed by atoms with Crippen molar-refractivity contribution >= 4 is 11.9 Å². The molecule has 4 atom stereocenters. The minimum atomic E-state index is -1.18. The van der Waals surface area contributed by atoms with Gasteiger partial charge in [-0.2, -0.15) is 0 Å². The Morgan fingerprint density at radius 1 is 1.29 bits per heavy atom. The normalized spacial score (nSPS) is 32.9. The summed E-state index contributed by atoms with van der Waals surface area (Å²) in [6, 6.07) is 0. The van der Waals surface area contributed by atoms with Crippen LogP contribution in [-0.2, 0) is 23.8 Å². The highest BCUT2D eigenvalue weighted by molar-refractivity contribution is 5.66. The number of carbonyl (C=O) groups is 2. The molecule has 1 aliphatic heterocycles. The molecule has 7 nitrogen and oxygen atoms in total. The summed E-state index contributed by atoms with van der Waals surface area (Å²) in [5.74, 6) is -1.07. The molecule has 0 aromatic carbocycles. The first-order valence-electron chi connectivity index (χ1n) is 5.22. The van der Waals surface area contributed by atoms with Crippen LogP contribution in [0.15, 0.2) is 0 Å². The maximum atomic E-state index is 10.7. The number of carbonyl (C=O) groups excluding carboxylic acids is 2. The lowest BCUT2D eigenvalue weighted by Crippen LogP contribution is -2.51. The maximum Gasteiger partial charge on any atom is 0.304 e. The Labute approximate surface area is 98.3 Å². The van der Waals surface area contributed by atoms with E-state index < -0.39 is 36.5 Å². The van der Waals surface area contributed by atoms with E-state index in [1.165, 1.54) is 13.8 Å². The van der Waals surface area contributed by atoms with Crippen LogP contribution in [0, 0.1) is 0 Å². The Kier molecular flexibility index (Phi) is 4.86. The SMILES string of the molecule is CC(=O)OCC1OC(OC(C)=O)CC(O)C1O. The number of rotatable bonds is 3. The zero-order valence-electron chi connectivity index (χ0n) is 9.66. The first kappa shape index (κ1) is 13.9. The van der Waals surface area contributed by atoms with Crippen LogP contribution in [0.25, 0.3) is 0 Å². The predicted octanol–water partition coefficient (Wildman–Crippen LogP) is -1.05. The summed E-state index contributed by atoms with van der Waals surface area (Å²) >= 11 is 0. The zero-order chi connectivity index (χ0) is 13.0. The molecule has 0 aliphatic carbocycles. The molecule has 0 aromatic rings. The van der Waals surface area contributed by atoms with E-state index in [4.69, 9.17) is 9.47 Å². The number of aliphatic hydroxyl groups is 2. The van der Waals surface area contributed by atoms with Gasteiger partial charge in [-0.3, -0.25) is 9.59 Å². The average molecular weight is 248 g/mol. The van der Waals surface area contributed by atoms with Crippen molar-refractivity contribution in [3.63, 3.8) is 0 Å². The molecule has 1 rings (SSSR count). The molecular formula is C10H16O7. The summed E-state index contributed by atoms with van der Waals surface area (Å²) < 4.78 is 14.7. The van der Waals surface area contributed by atoms with Gasteiger partial charge in [0.1, 0.15) is 18.8 Å². The third kappa shape index (κ3) is 4.29. The molecule has 1 saturated heterocycles. The molecule has 0 amide bonds. The first-order chi connectivity index (χ1) is 7.90. The number of aliphatic hydroxyl groups excluding tert-OH is 2. The van der Waals surface area contributed by atoms with Crippen LogP contribution in [-0.4, -0.2) is 53.4 Å². The van der Waals surface area contributed by atoms with E-state index in [9.17, 15) is 19.8 Å². The molecule has 0 spiro atoms. The summed E-state index contributed by atoms with van der Waals surface area (Å²) in [5.41, 5.74) is 0. The fraction of sp³-hybridized carbons (Fsp3) is 0.800. The zero-order valence-corrected chi connectivity index (χ0v) is 9.66. The van der Waals surface area contributed by atoms with Crippen molar-refractivity contribution in [3.8, 4) is 0 Å². The van der Waals surface area contributed by atoms with E-state index in [-0.39, 0.29) is 13.0 Å². The van der Waals surface area contributed by atoms with Gasteiger partial charge in [-0.25, -0.2) is 0 Å². The Morgan fingerprint density at radius 3 is 2.47 bits per heavy atom. The van der Waals surface area contributed by atoms with Crippen LogP contribution in [0.5, 0.6) is 0 Å². The lowest BCUT2D eigenvalue weighted by molar-refractivity contribution is -0.252. The van der Waals surface area contributed by atoms with Gasteiger partial charge in [-0.05, 0) is 0 Å². The standard InChI is InChI=1S/C10H16O7/c1-5(11)15-4-8-10(14)7(13)3-9(17-8)16-6(2)12/h7-10,13-14H,3-4H2,1-2H3. The average Bonchev–Trinajstić information content (AvgIpc) is 2.20. The molecule has 0 saturated carbocycles. The van der Waals surface area contributed by atoms with Crippen LogP contribution in [0.2, 0.25) is 0 Å². The van der Waals surface area contributed by atoms with Crippen LogP contribution >= 0.6 is 0 Å². The molecule has 2 N–H and O–H groups in total. The summed E-state index contributed by atoms with van der Waals surface area (Å²) in [4.78, 5) is 21.4. The number of hydrogen-bond donors (Lipinski definition) is 2. The minimum Gasteiger partial charge on any atom is -0.463 e. The molecule has 1 fully saturated rings. The third-order valence-corrected chi connectivity index (χ3v) is 2.28. The van der Waals surface area contributed by atoms with Crippen molar-refractivity contribution in [3.05, 3.63) is 0 Å². The van der Waals surface area contributed by atoms with Crippen molar-refractivity contribution in [2.24, 2.45) is 0 Å². The number of ether oxygens (including phenoxy) is 3. The van der Waals surface area contributed by atoms with E-state index in [0.29, 0.717) is 0 Å². The molecule has 0 aromatic heterocycles. The summed E-state index contributed by atoms with van der Waals surface area (Å²) in [7, 11) is 0. The number of esters is 2. The van der Waals surface area contributed by atoms with Gasteiger partial charge in [0.25, 0.3) is 0 Å². The van der Waals surface area contributed by atoms with Gasteiger partial charge in [0, 0.05) is 20.3 Å². The second kappa shape index (κ2) is 5.95. The molecular weight excluding hydrogens is 232 g/mol. The van der Waals surface area contributed by atoms with Gasteiger partial charge >= 0.3 is 11.9 Å². The monoisotopic (exact) mass is 248 g/mol. The Balaban J connectivity index is 2.54. The number of hydrogen-bond acceptors (Lipinski definition) is 7. The molecule has 17 heavy (non-hydrogen) atoms. The van der Waals surface area contributed by atoms with E-state index in [2.05, 4.69) is 4.74 Å². The maximum absolute atomic E-state index is 10.7. The molecule has 1 aliphatic rings. The molecule has 1 heterocycles. The van der Waals surface area contributed by atoms with E-state index in [0.717, 1.165) is 0 Å². The quantitative estimate of drug-likeness (QED) is 0.614. The molecule has 98 valence electrons. The fourth-order valence-electron chi connectivity index (χ4n) is 1.51. The van der Waals surface area contributed by atoms with Gasteiger partial charge in [0.2, 0.25) is 6.29 Å². The second-order valence-electron chi connectivity index (χ2n) is 3.81. The van der Waals surface area contributed by atoms with E-state index in [1.54, 1.807) is 0 Å². The van der Waals surface area contributed by atoms with E-state index >= 15 is 0 Å². The van der Waals surface area contributed by atoms with Crippen molar-refractivity contribution in [2.75, 3.05) is 6.61 Å². The second-order valence-corrected chi connectivity index (χ2v) is 3.81. The molecule has 0 radical (unpaired) electrons. The molecule has 7 heteroatoms. The van der Waals surface area contributed by atoms with Gasteiger partial charge in [0.15, 0.2) is 0 Å². The summed E-state index contributed by atoms with van der Waals surface area (Å²) in [6.45, 7) is 2.22. The minimum absolute atomic E-state index is 0.0165. The van der Waals surface area contributed by atoms with Gasteiger partial charge in [-0.15, -0.1) is 0 Å². The summed E-state index contributed by atoms with van der Waals surface area (Å²) in [6.07, 6.45) is -4.13. The van der Waals surface area contributed by atoms with E-state index in [1.807, 2.05) is 0 Å². The van der Waals surface area contributed by atoms with Crippen molar-refractivity contribution in [1.82, 2.24) is 0 Å². The smallest absolute Gasteiger partial charge is 0.304 e. The largest absolute Gasteiger partial charge is 0.463 e. The Morgan fingerprint density at radius 2 is 1.94 bits per heavy atom. The van der Waals surface area contributed by atoms with Crippen molar-refractivity contribution < 1.29 is 34.0 Å². The van der Waals surface area contributed by atoms with Crippen molar-refractivity contribution in [1.29, 1.82) is 0 Å². The van der Waals surface area contributed by atoms with Crippen molar-refractivity contribution in [2.45, 2.75) is 44.9 Å². The Hall–Kier alpha value is -1.18. The summed E-state index contributed by atoms with van der Waals surface area (Å²) in [5, 5.41) is 19.1. The molecule has 4 unspecified atom stereocenters. The van der Waals surface area contributed by atoms with Gasteiger partial charge < -0.3 is 24.4 Å². The van der Waals surface area contributed by atoms with Crippen LogP contribution < -0.4 is 0 Å².